The van der Waals surface area contributed by atoms with Crippen molar-refractivity contribution in [3.05, 3.63) is 0 Å². The Bertz CT molecular complexity index is 1170. The highest BCUT2D eigenvalue weighted by molar-refractivity contribution is 5.67. The number of esters is 3. The zero-order chi connectivity index (χ0) is 32.8. The van der Waals surface area contributed by atoms with Gasteiger partial charge in [0, 0.05) is 38.0 Å². The lowest BCUT2D eigenvalue weighted by Gasteiger charge is -2.71. The molecule has 0 aromatic heterocycles. The molecule has 44 heavy (non-hydrogen) atoms. The summed E-state index contributed by atoms with van der Waals surface area (Å²) in [5.74, 6) is -0.423. The average Bonchev–Trinajstić information content (AvgIpc) is 3.44. The van der Waals surface area contributed by atoms with Crippen molar-refractivity contribution in [2.24, 2.45) is 45.3 Å². The summed E-state index contributed by atoms with van der Waals surface area (Å²) in [6, 6.07) is 0. The van der Waals surface area contributed by atoms with Gasteiger partial charge >= 0.3 is 17.9 Å². The third kappa shape index (κ3) is 5.03. The van der Waals surface area contributed by atoms with Crippen LogP contribution in [0.1, 0.15) is 128 Å². The van der Waals surface area contributed by atoms with Crippen molar-refractivity contribution < 1.29 is 38.4 Å². The van der Waals surface area contributed by atoms with Gasteiger partial charge in [-0.1, -0.05) is 34.6 Å². The fourth-order valence-corrected chi connectivity index (χ4v) is 12.2. The van der Waals surface area contributed by atoms with Gasteiger partial charge in [0.15, 0.2) is 0 Å². The first-order chi connectivity index (χ1) is 20.1. The molecule has 1 unspecified atom stereocenters. The van der Waals surface area contributed by atoms with Crippen molar-refractivity contribution in [3.8, 4) is 0 Å². The van der Waals surface area contributed by atoms with Crippen LogP contribution in [0.5, 0.6) is 0 Å². The maximum absolute atomic E-state index is 12.7. The van der Waals surface area contributed by atoms with Gasteiger partial charge in [-0.3, -0.25) is 14.4 Å². The first kappa shape index (κ1) is 33.7. The van der Waals surface area contributed by atoms with Crippen LogP contribution in [0.2, 0.25) is 0 Å². The zero-order valence-electron chi connectivity index (χ0n) is 29.1. The van der Waals surface area contributed by atoms with Crippen LogP contribution < -0.4 is 0 Å². The fraction of sp³-hybridized carbons (Fsp3) is 0.917. The second kappa shape index (κ2) is 10.7. The smallest absolute Gasteiger partial charge is 0.302 e. The topological polar surface area (TPSA) is 108 Å². The molecule has 4 aliphatic carbocycles. The summed E-state index contributed by atoms with van der Waals surface area (Å²) < 4.78 is 25.3. The number of fused-ring (bicyclic) bond motifs is 5. The van der Waals surface area contributed by atoms with E-state index in [-0.39, 0.29) is 82.2 Å². The molecule has 5 fully saturated rings. The SMILES string of the molecule is CC(=O)O[C@H]1CC[C@]2(C)[C@H]3C[C@@H](OC(C)=O)[C@@H]4C([C@]5(C)CC[C@@H](C(C)(C)O)O5)CC[C@@]4(C)[C@]3(C)C[C@@H](OC(C)=O)[C@H]2C1(C)C. The van der Waals surface area contributed by atoms with E-state index < -0.39 is 16.6 Å². The van der Waals surface area contributed by atoms with Gasteiger partial charge in [-0.2, -0.15) is 0 Å². The van der Waals surface area contributed by atoms with E-state index in [0.717, 1.165) is 44.9 Å². The lowest BCUT2D eigenvalue weighted by atomic mass is 9.34. The zero-order valence-corrected chi connectivity index (χ0v) is 29.1. The Morgan fingerprint density at radius 3 is 1.91 bits per heavy atom. The Morgan fingerprint density at radius 2 is 1.36 bits per heavy atom. The molecule has 8 heteroatoms. The van der Waals surface area contributed by atoms with E-state index in [1.807, 2.05) is 13.8 Å². The molecule has 0 bridgehead atoms. The van der Waals surface area contributed by atoms with Crippen LogP contribution >= 0.6 is 0 Å². The Hall–Kier alpha value is -1.67. The standard InChI is InChI=1S/C36H58O8/c1-20(37)41-24-18-26-33(8)15-13-27(43-22(3)39)31(4,5)30(33)25(42-21(2)38)19-35(26,10)34(9)16-12-23(29(24)34)36(11)17-14-28(44-36)32(6,7)40/h23-30,40H,12-19H2,1-11H3/t23?,24-,25-,26-,27+,28+,29+,30+,33-,34-,35-,36+/m1/s1. The van der Waals surface area contributed by atoms with E-state index in [1.165, 1.54) is 20.8 Å². The van der Waals surface area contributed by atoms with Crippen LogP contribution in [0.25, 0.3) is 0 Å². The fourth-order valence-electron chi connectivity index (χ4n) is 12.2. The third-order valence-electron chi connectivity index (χ3n) is 14.0. The van der Waals surface area contributed by atoms with Crippen LogP contribution in [0.3, 0.4) is 0 Å². The van der Waals surface area contributed by atoms with E-state index >= 15 is 0 Å². The van der Waals surface area contributed by atoms with Crippen molar-refractivity contribution in [1.29, 1.82) is 0 Å². The molecule has 5 rings (SSSR count). The summed E-state index contributed by atoms with van der Waals surface area (Å²) in [6.45, 7) is 21.8. The van der Waals surface area contributed by atoms with E-state index in [0.29, 0.717) is 6.42 Å². The third-order valence-corrected chi connectivity index (χ3v) is 14.0. The summed E-state index contributed by atoms with van der Waals surface area (Å²) in [7, 11) is 0. The van der Waals surface area contributed by atoms with Crippen molar-refractivity contribution in [2.45, 2.75) is 163 Å². The summed E-state index contributed by atoms with van der Waals surface area (Å²) >= 11 is 0. The molecule has 250 valence electrons. The summed E-state index contributed by atoms with van der Waals surface area (Å²) in [6.07, 6.45) is 5.50. The highest BCUT2D eigenvalue weighted by Crippen LogP contribution is 2.76. The Balaban J connectivity index is 1.60. The van der Waals surface area contributed by atoms with Gasteiger partial charge in [0.1, 0.15) is 18.3 Å². The molecule has 0 aromatic rings. The molecule has 1 N–H and O–H groups in total. The van der Waals surface area contributed by atoms with Gasteiger partial charge in [0.05, 0.1) is 17.3 Å². The number of carbonyl (C=O) groups is 3. The molecule has 1 saturated heterocycles. The van der Waals surface area contributed by atoms with E-state index in [1.54, 1.807) is 0 Å². The minimum atomic E-state index is -0.930. The molecule has 0 radical (unpaired) electrons. The number of rotatable bonds is 5. The molecule has 0 amide bonds. The number of hydrogen-bond donors (Lipinski definition) is 1. The molecule has 4 saturated carbocycles. The highest BCUT2D eigenvalue weighted by atomic mass is 16.6. The van der Waals surface area contributed by atoms with Crippen molar-refractivity contribution >= 4 is 17.9 Å². The van der Waals surface area contributed by atoms with E-state index in [4.69, 9.17) is 18.9 Å². The van der Waals surface area contributed by atoms with Gasteiger partial charge in [0.2, 0.25) is 0 Å². The number of hydrogen-bond acceptors (Lipinski definition) is 8. The van der Waals surface area contributed by atoms with Crippen LogP contribution in [-0.4, -0.2) is 58.6 Å². The second-order valence-corrected chi connectivity index (χ2v) is 17.3. The molecule has 1 aliphatic heterocycles. The molecular formula is C36H58O8. The monoisotopic (exact) mass is 618 g/mol. The summed E-state index contributed by atoms with van der Waals surface area (Å²) in [5, 5.41) is 10.8. The van der Waals surface area contributed by atoms with Crippen molar-refractivity contribution in [2.75, 3.05) is 0 Å². The maximum atomic E-state index is 12.7. The predicted molar refractivity (Wildman–Crippen MR) is 165 cm³/mol. The molecule has 1 heterocycles. The van der Waals surface area contributed by atoms with E-state index in [9.17, 15) is 19.5 Å². The average molecular weight is 619 g/mol. The minimum Gasteiger partial charge on any atom is -0.462 e. The molecule has 8 nitrogen and oxygen atoms in total. The number of carbonyl (C=O) groups excluding carboxylic acids is 3. The number of ether oxygens (including phenoxy) is 4. The number of aliphatic hydroxyl groups is 1. The summed E-state index contributed by atoms with van der Waals surface area (Å²) in [5.41, 5.74) is -2.44. The first-order valence-corrected chi connectivity index (χ1v) is 17.0. The van der Waals surface area contributed by atoms with Crippen LogP contribution in [0.15, 0.2) is 0 Å². The lowest BCUT2D eigenvalue weighted by Crippen LogP contribution is -2.70. The largest absolute Gasteiger partial charge is 0.462 e. The summed E-state index contributed by atoms with van der Waals surface area (Å²) in [4.78, 5) is 37.6. The quantitative estimate of drug-likeness (QED) is 0.279. The minimum absolute atomic E-state index is 0.0337. The van der Waals surface area contributed by atoms with E-state index in [2.05, 4.69) is 41.5 Å². The predicted octanol–water partition coefficient (Wildman–Crippen LogP) is 6.40. The van der Waals surface area contributed by atoms with Crippen molar-refractivity contribution in [1.82, 2.24) is 0 Å². The van der Waals surface area contributed by atoms with Crippen LogP contribution in [-0.2, 0) is 33.3 Å². The van der Waals surface area contributed by atoms with Crippen molar-refractivity contribution in [3.63, 3.8) is 0 Å². The Labute approximate surface area is 264 Å². The normalized spacial score (nSPS) is 48.0. The first-order valence-electron chi connectivity index (χ1n) is 17.0. The molecule has 0 aromatic carbocycles. The van der Waals surface area contributed by atoms with Crippen LogP contribution in [0.4, 0.5) is 0 Å². The Kier molecular flexibility index (Phi) is 8.18. The van der Waals surface area contributed by atoms with Gasteiger partial charge in [-0.15, -0.1) is 0 Å². The van der Waals surface area contributed by atoms with Gasteiger partial charge in [-0.05, 0) is 100 Å². The molecule has 5 aliphatic rings. The van der Waals surface area contributed by atoms with Gasteiger partial charge in [-0.25, -0.2) is 0 Å². The molecule has 0 spiro atoms. The second-order valence-electron chi connectivity index (χ2n) is 17.3. The Morgan fingerprint density at radius 1 is 0.773 bits per heavy atom. The highest BCUT2D eigenvalue weighted by Gasteiger charge is 2.75. The molecule has 12 atom stereocenters. The van der Waals surface area contributed by atoms with Crippen LogP contribution in [0, 0.1) is 45.3 Å². The van der Waals surface area contributed by atoms with Gasteiger partial charge in [0.25, 0.3) is 0 Å². The molecular weight excluding hydrogens is 560 g/mol. The lowest BCUT2D eigenvalue weighted by molar-refractivity contribution is -0.281. The van der Waals surface area contributed by atoms with Gasteiger partial charge < -0.3 is 24.1 Å². The maximum Gasteiger partial charge on any atom is 0.302 e.